The Bertz CT molecular complexity index is 397. The lowest BCUT2D eigenvalue weighted by Crippen LogP contribution is -2.28. The van der Waals surface area contributed by atoms with Crippen molar-refractivity contribution in [1.82, 2.24) is 15.6 Å². The van der Waals surface area contributed by atoms with Gasteiger partial charge >= 0.3 is 5.97 Å². The summed E-state index contributed by atoms with van der Waals surface area (Å²) in [6.07, 6.45) is 3.57. The zero-order valence-corrected chi connectivity index (χ0v) is 10.6. The van der Waals surface area contributed by atoms with Crippen molar-refractivity contribution in [3.63, 3.8) is 0 Å². The van der Waals surface area contributed by atoms with Crippen LogP contribution < -0.4 is 5.32 Å². The van der Waals surface area contributed by atoms with Crippen LogP contribution >= 0.6 is 0 Å². The Hall–Kier alpha value is -1.43. The minimum Gasteiger partial charge on any atom is -0.481 e. The molecule has 6 heteroatoms. The summed E-state index contributed by atoms with van der Waals surface area (Å²) in [6, 6.07) is 0. The van der Waals surface area contributed by atoms with E-state index in [1.54, 1.807) is 0 Å². The van der Waals surface area contributed by atoms with Crippen LogP contribution in [0.4, 0.5) is 0 Å². The zero-order valence-electron chi connectivity index (χ0n) is 10.6. The SMILES string of the molecule is Cc1nonc1CNCC1CCC(C(=O)O)CC1. The summed E-state index contributed by atoms with van der Waals surface area (Å²) < 4.78 is 4.62. The molecule has 1 aromatic rings. The van der Waals surface area contributed by atoms with Crippen LogP contribution in [0, 0.1) is 18.8 Å². The number of hydrogen-bond donors (Lipinski definition) is 2. The number of carboxylic acids is 1. The molecule has 1 aliphatic carbocycles. The smallest absolute Gasteiger partial charge is 0.306 e. The number of carboxylic acid groups (broad SMARTS) is 1. The quantitative estimate of drug-likeness (QED) is 0.823. The van der Waals surface area contributed by atoms with Gasteiger partial charge in [0.15, 0.2) is 0 Å². The molecule has 1 aliphatic rings. The summed E-state index contributed by atoms with van der Waals surface area (Å²) in [6.45, 7) is 3.43. The maximum atomic E-state index is 10.8. The van der Waals surface area contributed by atoms with Gasteiger partial charge in [-0.2, -0.15) is 0 Å². The maximum Gasteiger partial charge on any atom is 0.306 e. The number of rotatable bonds is 5. The third kappa shape index (κ3) is 3.29. The largest absolute Gasteiger partial charge is 0.481 e. The van der Waals surface area contributed by atoms with E-state index in [-0.39, 0.29) is 5.92 Å². The van der Waals surface area contributed by atoms with Gasteiger partial charge in [-0.1, -0.05) is 10.3 Å². The van der Waals surface area contributed by atoms with Crippen molar-refractivity contribution in [2.45, 2.75) is 39.2 Å². The number of hydrogen-bond acceptors (Lipinski definition) is 5. The molecule has 1 saturated carbocycles. The fourth-order valence-electron chi connectivity index (χ4n) is 2.42. The topological polar surface area (TPSA) is 88.3 Å². The predicted molar refractivity (Wildman–Crippen MR) is 63.8 cm³/mol. The van der Waals surface area contributed by atoms with Gasteiger partial charge in [0.1, 0.15) is 11.4 Å². The van der Waals surface area contributed by atoms with Gasteiger partial charge in [-0.25, -0.2) is 4.63 Å². The fourth-order valence-corrected chi connectivity index (χ4v) is 2.42. The number of aliphatic carboxylic acids is 1. The first kappa shape index (κ1) is 13.0. The average molecular weight is 253 g/mol. The second-order valence-corrected chi connectivity index (χ2v) is 4.98. The van der Waals surface area contributed by atoms with Gasteiger partial charge in [-0.3, -0.25) is 4.79 Å². The Morgan fingerprint density at radius 1 is 1.39 bits per heavy atom. The van der Waals surface area contributed by atoms with Crippen molar-refractivity contribution in [3.8, 4) is 0 Å². The molecule has 0 unspecified atom stereocenters. The molecule has 2 rings (SSSR count). The van der Waals surface area contributed by atoms with Crippen LogP contribution in [0.2, 0.25) is 0 Å². The Balaban J connectivity index is 1.67. The molecule has 0 radical (unpaired) electrons. The van der Waals surface area contributed by atoms with E-state index in [0.29, 0.717) is 12.5 Å². The van der Waals surface area contributed by atoms with Crippen LogP contribution in [0.1, 0.15) is 37.1 Å². The Labute approximate surface area is 106 Å². The molecule has 0 bridgehead atoms. The molecule has 1 fully saturated rings. The molecule has 2 N–H and O–H groups in total. The maximum absolute atomic E-state index is 10.8. The van der Waals surface area contributed by atoms with Gasteiger partial charge in [0.2, 0.25) is 0 Å². The van der Waals surface area contributed by atoms with Gasteiger partial charge in [0.25, 0.3) is 0 Å². The molecule has 1 aromatic heterocycles. The lowest BCUT2D eigenvalue weighted by atomic mass is 9.82. The van der Waals surface area contributed by atoms with Crippen LogP contribution in [-0.4, -0.2) is 27.9 Å². The lowest BCUT2D eigenvalue weighted by Gasteiger charge is -2.26. The molecular formula is C12H19N3O3. The van der Waals surface area contributed by atoms with Crippen molar-refractivity contribution in [1.29, 1.82) is 0 Å². The third-order valence-corrected chi connectivity index (χ3v) is 3.67. The minimum absolute atomic E-state index is 0.136. The van der Waals surface area contributed by atoms with Crippen molar-refractivity contribution in [2.75, 3.05) is 6.54 Å². The van der Waals surface area contributed by atoms with Gasteiger partial charge in [-0.15, -0.1) is 0 Å². The standard InChI is InChI=1S/C12H19N3O3/c1-8-11(15-18-14-8)7-13-6-9-2-4-10(5-3-9)12(16)17/h9-10,13H,2-7H2,1H3,(H,16,17). The van der Waals surface area contributed by atoms with Crippen LogP contribution in [0.15, 0.2) is 4.63 Å². The van der Waals surface area contributed by atoms with E-state index in [4.69, 9.17) is 5.11 Å². The Morgan fingerprint density at radius 3 is 2.67 bits per heavy atom. The number of aryl methyl sites for hydroxylation is 1. The van der Waals surface area contributed by atoms with Crippen LogP contribution in [0.3, 0.4) is 0 Å². The highest BCUT2D eigenvalue weighted by Gasteiger charge is 2.25. The molecule has 0 atom stereocenters. The highest BCUT2D eigenvalue weighted by Crippen LogP contribution is 2.28. The van der Waals surface area contributed by atoms with E-state index in [1.807, 2.05) is 6.92 Å². The van der Waals surface area contributed by atoms with Gasteiger partial charge < -0.3 is 10.4 Å². The van der Waals surface area contributed by atoms with Crippen molar-refractivity contribution >= 4 is 5.97 Å². The first-order valence-electron chi connectivity index (χ1n) is 6.38. The second kappa shape index (κ2) is 5.95. The number of aromatic nitrogens is 2. The van der Waals surface area contributed by atoms with Gasteiger partial charge in [0.05, 0.1) is 5.92 Å². The zero-order chi connectivity index (χ0) is 13.0. The Kier molecular flexibility index (Phi) is 4.30. The van der Waals surface area contributed by atoms with E-state index in [0.717, 1.165) is 43.6 Å². The molecule has 0 aromatic carbocycles. The molecule has 0 aliphatic heterocycles. The molecule has 0 amide bonds. The van der Waals surface area contributed by atoms with E-state index < -0.39 is 5.97 Å². The van der Waals surface area contributed by atoms with E-state index in [9.17, 15) is 4.79 Å². The van der Waals surface area contributed by atoms with E-state index in [2.05, 4.69) is 20.3 Å². The van der Waals surface area contributed by atoms with Gasteiger partial charge in [-0.05, 0) is 45.1 Å². The monoisotopic (exact) mass is 253 g/mol. The molecule has 1 heterocycles. The molecule has 0 spiro atoms. The summed E-state index contributed by atoms with van der Waals surface area (Å²) in [7, 11) is 0. The summed E-state index contributed by atoms with van der Waals surface area (Å²) in [5.41, 5.74) is 1.66. The molecule has 100 valence electrons. The van der Waals surface area contributed by atoms with E-state index in [1.165, 1.54) is 0 Å². The molecule has 6 nitrogen and oxygen atoms in total. The highest BCUT2D eigenvalue weighted by molar-refractivity contribution is 5.69. The molecule has 18 heavy (non-hydrogen) atoms. The summed E-state index contributed by atoms with van der Waals surface area (Å²) in [4.78, 5) is 10.8. The second-order valence-electron chi connectivity index (χ2n) is 4.98. The van der Waals surface area contributed by atoms with Crippen molar-refractivity contribution in [3.05, 3.63) is 11.4 Å². The number of nitrogens with one attached hydrogen (secondary N) is 1. The number of carbonyl (C=O) groups is 1. The number of nitrogens with zero attached hydrogens (tertiary/aromatic N) is 2. The summed E-state index contributed by atoms with van der Waals surface area (Å²) in [5.74, 6) is -0.213. The summed E-state index contributed by atoms with van der Waals surface area (Å²) in [5, 5.41) is 19.8. The van der Waals surface area contributed by atoms with Gasteiger partial charge in [0, 0.05) is 6.54 Å². The Morgan fingerprint density at radius 2 is 2.11 bits per heavy atom. The minimum atomic E-state index is -0.647. The first-order valence-corrected chi connectivity index (χ1v) is 6.38. The van der Waals surface area contributed by atoms with E-state index >= 15 is 0 Å². The van der Waals surface area contributed by atoms with Crippen molar-refractivity contribution in [2.24, 2.45) is 11.8 Å². The summed E-state index contributed by atoms with van der Waals surface area (Å²) >= 11 is 0. The molecule has 0 saturated heterocycles. The first-order chi connectivity index (χ1) is 8.66. The lowest BCUT2D eigenvalue weighted by molar-refractivity contribution is -0.143. The predicted octanol–water partition coefficient (Wildman–Crippen LogP) is 1.36. The highest BCUT2D eigenvalue weighted by atomic mass is 16.6. The van der Waals surface area contributed by atoms with Crippen LogP contribution in [0.25, 0.3) is 0 Å². The van der Waals surface area contributed by atoms with Crippen LogP contribution in [0.5, 0.6) is 0 Å². The van der Waals surface area contributed by atoms with Crippen molar-refractivity contribution < 1.29 is 14.5 Å². The normalized spacial score (nSPS) is 24.1. The average Bonchev–Trinajstić information content (AvgIpc) is 2.76. The molecular weight excluding hydrogens is 234 g/mol. The third-order valence-electron chi connectivity index (χ3n) is 3.67. The fraction of sp³-hybridized carbons (Fsp3) is 0.750. The van der Waals surface area contributed by atoms with Crippen LogP contribution in [-0.2, 0) is 11.3 Å².